The van der Waals surface area contributed by atoms with Gasteiger partial charge in [0.15, 0.2) is 11.5 Å². The first kappa shape index (κ1) is 17.3. The van der Waals surface area contributed by atoms with Crippen LogP contribution < -0.4 is 9.46 Å². The van der Waals surface area contributed by atoms with Crippen molar-refractivity contribution in [2.24, 2.45) is 0 Å². The van der Waals surface area contributed by atoms with Crippen molar-refractivity contribution in [2.45, 2.75) is 19.1 Å². The number of fused-ring (bicyclic) bond motifs is 1. The molecule has 1 aromatic carbocycles. The van der Waals surface area contributed by atoms with Crippen LogP contribution in [0.15, 0.2) is 42.5 Å². The molecule has 25 heavy (non-hydrogen) atoms. The highest BCUT2D eigenvalue weighted by molar-refractivity contribution is 7.90. The van der Waals surface area contributed by atoms with Crippen LogP contribution in [0.25, 0.3) is 17.0 Å². The van der Waals surface area contributed by atoms with Crippen LogP contribution in [0.4, 0.5) is 0 Å². The molecule has 0 saturated carbocycles. The molecule has 2 aromatic heterocycles. The van der Waals surface area contributed by atoms with Gasteiger partial charge in [0.2, 0.25) is 15.9 Å². The van der Waals surface area contributed by atoms with Crippen LogP contribution >= 0.6 is 0 Å². The van der Waals surface area contributed by atoms with Gasteiger partial charge in [-0.25, -0.2) is 13.1 Å². The van der Waals surface area contributed by atoms with Crippen molar-refractivity contribution in [3.63, 3.8) is 0 Å². The molecule has 8 nitrogen and oxygen atoms in total. The van der Waals surface area contributed by atoms with E-state index in [9.17, 15) is 8.42 Å². The first-order chi connectivity index (χ1) is 12.0. The Kier molecular flexibility index (Phi) is 4.95. The summed E-state index contributed by atoms with van der Waals surface area (Å²) in [5, 5.41) is 12.1. The number of sulfonamides is 1. The average Bonchev–Trinajstić information content (AvgIpc) is 3.02. The Bertz CT molecular complexity index is 954. The van der Waals surface area contributed by atoms with Gasteiger partial charge in [-0.15, -0.1) is 15.3 Å². The molecule has 3 aromatic rings. The van der Waals surface area contributed by atoms with Gasteiger partial charge < -0.3 is 4.74 Å². The molecule has 132 valence electrons. The smallest absolute Gasteiger partial charge is 0.231 e. The van der Waals surface area contributed by atoms with Crippen LogP contribution in [0, 0.1) is 0 Å². The van der Waals surface area contributed by atoms with Gasteiger partial charge in [-0.1, -0.05) is 30.3 Å². The Morgan fingerprint density at radius 3 is 2.60 bits per heavy atom. The van der Waals surface area contributed by atoms with Gasteiger partial charge in [-0.2, -0.15) is 4.52 Å². The Morgan fingerprint density at radius 2 is 1.88 bits per heavy atom. The average molecular weight is 361 g/mol. The van der Waals surface area contributed by atoms with E-state index in [2.05, 4.69) is 20.0 Å². The van der Waals surface area contributed by atoms with E-state index in [0.717, 1.165) is 5.56 Å². The summed E-state index contributed by atoms with van der Waals surface area (Å²) in [6.07, 6.45) is 0. The number of benzene rings is 1. The Balaban J connectivity index is 1.71. The maximum Gasteiger partial charge on any atom is 0.231 e. The highest BCUT2D eigenvalue weighted by atomic mass is 32.2. The Hall–Kier alpha value is -2.52. The summed E-state index contributed by atoms with van der Waals surface area (Å²) >= 11 is 0. The van der Waals surface area contributed by atoms with E-state index in [1.807, 2.05) is 30.3 Å². The largest absolute Gasteiger partial charge is 0.475 e. The lowest BCUT2D eigenvalue weighted by molar-refractivity contribution is 0.305. The highest BCUT2D eigenvalue weighted by Gasteiger charge is 2.14. The summed E-state index contributed by atoms with van der Waals surface area (Å²) in [4.78, 5) is 0. The summed E-state index contributed by atoms with van der Waals surface area (Å²) in [6, 6.07) is 13.0. The van der Waals surface area contributed by atoms with Gasteiger partial charge >= 0.3 is 0 Å². The molecule has 2 heterocycles. The first-order valence-electron chi connectivity index (χ1n) is 7.86. The van der Waals surface area contributed by atoms with Gasteiger partial charge in [0, 0.05) is 18.2 Å². The van der Waals surface area contributed by atoms with E-state index in [4.69, 9.17) is 4.74 Å². The van der Waals surface area contributed by atoms with Crippen molar-refractivity contribution >= 4 is 15.7 Å². The Labute approximate surface area is 145 Å². The number of hydrogen-bond donors (Lipinski definition) is 1. The van der Waals surface area contributed by atoms with Crippen molar-refractivity contribution in [1.82, 2.24) is 24.5 Å². The molecule has 1 N–H and O–H groups in total. The van der Waals surface area contributed by atoms with Crippen molar-refractivity contribution in [1.29, 1.82) is 0 Å². The zero-order valence-corrected chi connectivity index (χ0v) is 14.8. The highest BCUT2D eigenvalue weighted by Crippen LogP contribution is 2.18. The first-order valence-corrected chi connectivity index (χ1v) is 9.41. The van der Waals surface area contributed by atoms with Crippen LogP contribution in [0.3, 0.4) is 0 Å². The molecule has 0 aliphatic carbocycles. The number of ether oxygens (including phenoxy) is 1. The van der Waals surface area contributed by atoms with Crippen molar-refractivity contribution in [3.05, 3.63) is 42.5 Å². The number of rotatable bonds is 7. The van der Waals surface area contributed by atoms with E-state index < -0.39 is 15.3 Å². The predicted molar refractivity (Wildman–Crippen MR) is 93.8 cm³/mol. The molecule has 0 bridgehead atoms. The summed E-state index contributed by atoms with van der Waals surface area (Å²) in [5.41, 5.74) is 1.50. The zero-order chi connectivity index (χ0) is 17.9. The fourth-order valence-electron chi connectivity index (χ4n) is 2.12. The van der Waals surface area contributed by atoms with E-state index in [-0.39, 0.29) is 13.2 Å². The molecule has 0 atom stereocenters. The molecular weight excluding hydrogens is 342 g/mol. The zero-order valence-electron chi connectivity index (χ0n) is 14.0. The Morgan fingerprint density at radius 1 is 1.12 bits per heavy atom. The van der Waals surface area contributed by atoms with E-state index in [0.29, 0.717) is 17.4 Å². The third kappa shape index (κ3) is 3.94. The normalized spacial score (nSPS) is 12.0. The minimum absolute atomic E-state index is 0.174. The lowest BCUT2D eigenvalue weighted by atomic mass is 10.2. The topological polar surface area (TPSA) is 98.5 Å². The number of aromatic nitrogens is 4. The van der Waals surface area contributed by atoms with Crippen molar-refractivity contribution < 1.29 is 13.2 Å². The monoisotopic (exact) mass is 361 g/mol. The minimum Gasteiger partial charge on any atom is -0.475 e. The molecule has 3 rings (SSSR count). The fourth-order valence-corrected chi connectivity index (χ4v) is 2.82. The SMILES string of the molecule is CC(C)S(=O)(=O)NCCOc1ccc2nnc(-c3ccccc3)n2n1. The predicted octanol–water partition coefficient (Wildman–Crippen LogP) is 1.50. The van der Waals surface area contributed by atoms with Gasteiger partial charge in [-0.3, -0.25) is 0 Å². The molecular formula is C16H19N5O3S. The molecule has 0 spiro atoms. The van der Waals surface area contributed by atoms with Gasteiger partial charge in [-0.05, 0) is 19.9 Å². The van der Waals surface area contributed by atoms with Gasteiger partial charge in [0.05, 0.1) is 5.25 Å². The van der Waals surface area contributed by atoms with E-state index >= 15 is 0 Å². The maximum atomic E-state index is 11.7. The van der Waals surface area contributed by atoms with Crippen LogP contribution in [0.5, 0.6) is 5.88 Å². The third-order valence-electron chi connectivity index (χ3n) is 3.55. The lowest BCUT2D eigenvalue weighted by Gasteiger charge is -2.10. The maximum absolute atomic E-state index is 11.7. The number of hydrogen-bond acceptors (Lipinski definition) is 6. The lowest BCUT2D eigenvalue weighted by Crippen LogP contribution is -2.33. The summed E-state index contributed by atoms with van der Waals surface area (Å²) < 4.78 is 33.0. The second-order valence-corrected chi connectivity index (χ2v) is 7.99. The number of nitrogens with zero attached hydrogens (tertiary/aromatic N) is 4. The van der Waals surface area contributed by atoms with Crippen molar-refractivity contribution in [2.75, 3.05) is 13.2 Å². The third-order valence-corrected chi connectivity index (χ3v) is 5.39. The standard InChI is InChI=1S/C16H19N5O3S/c1-12(2)25(22,23)17-10-11-24-15-9-8-14-18-19-16(21(14)20-15)13-6-4-3-5-7-13/h3-9,12,17H,10-11H2,1-2H3. The molecule has 0 fully saturated rings. The van der Waals surface area contributed by atoms with Gasteiger partial charge in [0.25, 0.3) is 0 Å². The van der Waals surface area contributed by atoms with Crippen LogP contribution in [0.1, 0.15) is 13.8 Å². The van der Waals surface area contributed by atoms with Crippen molar-refractivity contribution in [3.8, 4) is 17.3 Å². The molecule has 0 saturated heterocycles. The van der Waals surface area contributed by atoms with Crippen LogP contribution in [0.2, 0.25) is 0 Å². The fraction of sp³-hybridized carbons (Fsp3) is 0.312. The molecule has 0 unspecified atom stereocenters. The van der Waals surface area contributed by atoms with E-state index in [1.54, 1.807) is 30.5 Å². The molecule has 0 radical (unpaired) electrons. The van der Waals surface area contributed by atoms with Crippen LogP contribution in [-0.4, -0.2) is 46.6 Å². The summed E-state index contributed by atoms with van der Waals surface area (Å²) in [6.45, 7) is 3.59. The minimum atomic E-state index is -3.30. The molecule has 9 heteroatoms. The molecule has 0 aliphatic rings. The molecule has 0 amide bonds. The summed E-state index contributed by atoms with van der Waals surface area (Å²) in [7, 11) is -3.30. The molecule has 0 aliphatic heterocycles. The van der Waals surface area contributed by atoms with Gasteiger partial charge in [0.1, 0.15) is 6.61 Å². The summed E-state index contributed by atoms with van der Waals surface area (Å²) in [5.74, 6) is 0.981. The second-order valence-electron chi connectivity index (χ2n) is 5.67. The van der Waals surface area contributed by atoms with E-state index in [1.165, 1.54) is 0 Å². The number of nitrogens with one attached hydrogen (secondary N) is 1. The second kappa shape index (κ2) is 7.16. The van der Waals surface area contributed by atoms with Crippen LogP contribution in [-0.2, 0) is 10.0 Å². The quantitative estimate of drug-likeness (QED) is 0.640.